The SMILES string of the molecule is CC1(Cl)[C]=NN=C1C(F)(F)F. The Hall–Kier alpha value is -0.580. The Kier molecular flexibility index (Phi) is 1.70. The van der Waals surface area contributed by atoms with Crippen molar-refractivity contribution in [2.75, 3.05) is 0 Å². The predicted molar refractivity (Wildman–Crippen MR) is 35.2 cm³/mol. The molecule has 0 aromatic heterocycles. The fourth-order valence-electron chi connectivity index (χ4n) is 0.639. The lowest BCUT2D eigenvalue weighted by atomic mass is 10.1. The molecule has 6 heteroatoms. The van der Waals surface area contributed by atoms with Gasteiger partial charge in [-0.2, -0.15) is 18.3 Å². The number of halogens is 4. The van der Waals surface area contributed by atoms with Crippen LogP contribution >= 0.6 is 11.6 Å². The topological polar surface area (TPSA) is 24.7 Å². The first-order valence-corrected chi connectivity index (χ1v) is 3.03. The zero-order valence-corrected chi connectivity index (χ0v) is 6.16. The number of alkyl halides is 4. The smallest absolute Gasteiger partial charge is 0.165 e. The summed E-state index contributed by atoms with van der Waals surface area (Å²) >= 11 is 5.36. The van der Waals surface area contributed by atoms with Crippen LogP contribution in [0.25, 0.3) is 0 Å². The van der Waals surface area contributed by atoms with Crippen LogP contribution in [-0.4, -0.2) is 23.0 Å². The first-order valence-electron chi connectivity index (χ1n) is 2.65. The van der Waals surface area contributed by atoms with Crippen molar-refractivity contribution in [2.45, 2.75) is 18.0 Å². The van der Waals surface area contributed by atoms with Crippen LogP contribution in [0.15, 0.2) is 10.2 Å². The molecule has 0 fully saturated rings. The van der Waals surface area contributed by atoms with E-state index >= 15 is 0 Å². The van der Waals surface area contributed by atoms with E-state index in [0.29, 0.717) is 0 Å². The molecular weight excluding hydrogens is 181 g/mol. The van der Waals surface area contributed by atoms with Gasteiger partial charge in [-0.1, -0.05) is 0 Å². The number of hydrogen-bond acceptors (Lipinski definition) is 2. The van der Waals surface area contributed by atoms with Gasteiger partial charge in [-0.3, -0.25) is 0 Å². The summed E-state index contributed by atoms with van der Waals surface area (Å²) in [5.74, 6) is 0. The zero-order valence-electron chi connectivity index (χ0n) is 5.41. The Morgan fingerprint density at radius 2 is 2.09 bits per heavy atom. The highest BCUT2D eigenvalue weighted by Gasteiger charge is 2.49. The highest BCUT2D eigenvalue weighted by atomic mass is 35.5. The molecule has 0 saturated carbocycles. The largest absolute Gasteiger partial charge is 0.433 e. The van der Waals surface area contributed by atoms with E-state index < -0.39 is 16.8 Å². The molecular formula is C5H3ClF3N2. The summed E-state index contributed by atoms with van der Waals surface area (Å²) in [6.07, 6.45) is -2.51. The molecule has 0 bridgehead atoms. The summed E-state index contributed by atoms with van der Waals surface area (Å²) in [5.41, 5.74) is -1.12. The maximum absolute atomic E-state index is 11.9. The van der Waals surface area contributed by atoms with Crippen LogP contribution in [0, 0.1) is 0 Å². The molecule has 0 spiro atoms. The monoisotopic (exact) mass is 183 g/mol. The van der Waals surface area contributed by atoms with Crippen molar-refractivity contribution >= 4 is 23.5 Å². The molecule has 1 heterocycles. The summed E-state index contributed by atoms with van der Waals surface area (Å²) in [5, 5.41) is 5.80. The van der Waals surface area contributed by atoms with Crippen molar-refractivity contribution in [1.29, 1.82) is 0 Å². The van der Waals surface area contributed by atoms with Gasteiger partial charge in [0.1, 0.15) is 11.1 Å². The minimum absolute atomic E-state index is 1.12. The van der Waals surface area contributed by atoms with Crippen LogP contribution in [0.3, 0.4) is 0 Å². The highest BCUT2D eigenvalue weighted by Crippen LogP contribution is 2.30. The molecule has 0 aromatic rings. The first kappa shape index (κ1) is 8.52. The minimum Gasteiger partial charge on any atom is -0.165 e. The molecule has 1 rings (SSSR count). The minimum atomic E-state index is -4.52. The molecule has 11 heavy (non-hydrogen) atoms. The molecule has 0 aliphatic carbocycles. The Labute approximate surface area is 65.8 Å². The number of nitrogens with zero attached hydrogens (tertiary/aromatic N) is 2. The van der Waals surface area contributed by atoms with Gasteiger partial charge in [0, 0.05) is 0 Å². The lowest BCUT2D eigenvalue weighted by molar-refractivity contribution is -0.0606. The van der Waals surface area contributed by atoms with Gasteiger partial charge >= 0.3 is 6.18 Å². The fraction of sp³-hybridized carbons (Fsp3) is 0.600. The summed E-state index contributed by atoms with van der Waals surface area (Å²) in [4.78, 5) is -1.72. The lowest BCUT2D eigenvalue weighted by Crippen LogP contribution is -2.39. The van der Waals surface area contributed by atoms with Crippen LogP contribution in [-0.2, 0) is 0 Å². The van der Waals surface area contributed by atoms with Gasteiger partial charge in [-0.05, 0) is 6.92 Å². The average molecular weight is 184 g/mol. The predicted octanol–water partition coefficient (Wildman–Crippen LogP) is 1.86. The van der Waals surface area contributed by atoms with Crippen molar-refractivity contribution in [1.82, 2.24) is 0 Å². The Bertz CT molecular complexity index is 228. The lowest BCUT2D eigenvalue weighted by Gasteiger charge is -2.15. The van der Waals surface area contributed by atoms with Gasteiger partial charge in [0.05, 0.1) is 0 Å². The van der Waals surface area contributed by atoms with Crippen LogP contribution in [0.5, 0.6) is 0 Å². The normalized spacial score (nSPS) is 30.8. The van der Waals surface area contributed by atoms with Crippen molar-refractivity contribution in [3.8, 4) is 0 Å². The summed E-state index contributed by atoms with van der Waals surface area (Å²) in [7, 11) is 0. The molecule has 1 aliphatic heterocycles. The summed E-state index contributed by atoms with van der Waals surface area (Å²) < 4.78 is 35.8. The van der Waals surface area contributed by atoms with Crippen molar-refractivity contribution in [2.24, 2.45) is 10.2 Å². The van der Waals surface area contributed by atoms with Crippen LogP contribution < -0.4 is 0 Å². The van der Waals surface area contributed by atoms with Crippen LogP contribution in [0.1, 0.15) is 6.92 Å². The van der Waals surface area contributed by atoms with E-state index in [1.807, 2.05) is 6.21 Å². The average Bonchev–Trinajstić information content (AvgIpc) is 2.06. The molecule has 0 saturated heterocycles. The molecule has 0 amide bonds. The Balaban J connectivity index is 2.94. The van der Waals surface area contributed by atoms with E-state index in [1.165, 1.54) is 0 Å². The molecule has 1 atom stereocenters. The van der Waals surface area contributed by atoms with Gasteiger partial charge in [0.15, 0.2) is 5.71 Å². The molecule has 0 aromatic carbocycles. The maximum Gasteiger partial charge on any atom is 0.433 e. The third-order valence-electron chi connectivity index (χ3n) is 1.12. The maximum atomic E-state index is 11.9. The molecule has 1 aliphatic rings. The van der Waals surface area contributed by atoms with Gasteiger partial charge in [-0.25, -0.2) is 0 Å². The molecule has 61 valence electrons. The number of hydrogen-bond donors (Lipinski definition) is 0. The van der Waals surface area contributed by atoms with Crippen molar-refractivity contribution in [3.05, 3.63) is 0 Å². The Morgan fingerprint density at radius 1 is 1.55 bits per heavy atom. The molecule has 1 radical (unpaired) electrons. The van der Waals surface area contributed by atoms with Gasteiger partial charge in [-0.15, -0.1) is 16.7 Å². The second-order valence-electron chi connectivity index (χ2n) is 2.16. The third kappa shape index (κ3) is 1.53. The highest BCUT2D eigenvalue weighted by molar-refractivity contribution is 6.46. The van der Waals surface area contributed by atoms with E-state index in [4.69, 9.17) is 11.6 Å². The van der Waals surface area contributed by atoms with Gasteiger partial charge < -0.3 is 0 Å². The molecule has 1 unspecified atom stereocenters. The van der Waals surface area contributed by atoms with Crippen LogP contribution in [0.2, 0.25) is 0 Å². The fourth-order valence-corrected chi connectivity index (χ4v) is 0.821. The first-order chi connectivity index (χ1) is 4.84. The molecule has 2 nitrogen and oxygen atoms in total. The van der Waals surface area contributed by atoms with Crippen molar-refractivity contribution in [3.63, 3.8) is 0 Å². The van der Waals surface area contributed by atoms with Crippen LogP contribution in [0.4, 0.5) is 13.2 Å². The standard InChI is InChI=1S/C5H3ClF3N2/c1-4(6)2-10-11-3(4)5(7,8)9/h1H3. The van der Waals surface area contributed by atoms with E-state index in [2.05, 4.69) is 10.2 Å². The van der Waals surface area contributed by atoms with Crippen molar-refractivity contribution < 1.29 is 13.2 Å². The molecule has 0 N–H and O–H groups in total. The number of rotatable bonds is 0. The third-order valence-corrected chi connectivity index (χ3v) is 1.39. The quantitative estimate of drug-likeness (QED) is 0.512. The van der Waals surface area contributed by atoms with Gasteiger partial charge in [0.2, 0.25) is 0 Å². The Morgan fingerprint density at radius 3 is 2.27 bits per heavy atom. The van der Waals surface area contributed by atoms with Gasteiger partial charge in [0.25, 0.3) is 0 Å². The van der Waals surface area contributed by atoms with E-state index in [-0.39, 0.29) is 0 Å². The summed E-state index contributed by atoms with van der Waals surface area (Å²) in [6.45, 7) is 1.14. The second-order valence-corrected chi connectivity index (χ2v) is 2.92. The van der Waals surface area contributed by atoms with E-state index in [9.17, 15) is 13.2 Å². The zero-order chi connectivity index (χ0) is 8.70. The van der Waals surface area contributed by atoms with E-state index in [0.717, 1.165) is 6.92 Å². The second kappa shape index (κ2) is 2.20. The van der Waals surface area contributed by atoms with E-state index in [1.54, 1.807) is 0 Å². The summed E-state index contributed by atoms with van der Waals surface area (Å²) in [6, 6.07) is 0.